The van der Waals surface area contributed by atoms with Crippen molar-refractivity contribution in [3.63, 3.8) is 0 Å². The van der Waals surface area contributed by atoms with E-state index in [2.05, 4.69) is 0 Å². The Balaban J connectivity index is 1.46. The van der Waals surface area contributed by atoms with Gasteiger partial charge in [-0.1, -0.05) is 32.1 Å². The van der Waals surface area contributed by atoms with Crippen LogP contribution >= 0.6 is 0 Å². The van der Waals surface area contributed by atoms with Gasteiger partial charge in [0.1, 0.15) is 0 Å². The minimum Gasteiger partial charge on any atom is -0.439 e. The number of rotatable bonds is 4. The molecule has 0 spiro atoms. The Morgan fingerprint density at radius 2 is 1.91 bits per heavy atom. The van der Waals surface area contributed by atoms with Crippen LogP contribution in [0.2, 0.25) is 0 Å². The van der Waals surface area contributed by atoms with Gasteiger partial charge < -0.3 is 9.64 Å². The van der Waals surface area contributed by atoms with Crippen LogP contribution in [0.5, 0.6) is 0 Å². The summed E-state index contributed by atoms with van der Waals surface area (Å²) in [4.78, 5) is 38.5. The van der Waals surface area contributed by atoms with Gasteiger partial charge in [-0.2, -0.15) is 0 Å². The standard InChI is InChI=1S/C16H24N2O4/c19-14(7-6-12-4-2-1-3-5-12)17-9-8-13(10-17)18-15(20)11-22-16(18)21/h12-13H,1-11H2. The number of nitrogens with zero attached hydrogens (tertiary/aromatic N) is 2. The summed E-state index contributed by atoms with van der Waals surface area (Å²) in [5.74, 6) is 0.575. The molecule has 1 aliphatic carbocycles. The van der Waals surface area contributed by atoms with E-state index >= 15 is 0 Å². The fourth-order valence-electron chi connectivity index (χ4n) is 3.86. The Hall–Kier alpha value is -1.59. The summed E-state index contributed by atoms with van der Waals surface area (Å²) < 4.78 is 4.75. The van der Waals surface area contributed by atoms with Crippen LogP contribution in [0.4, 0.5) is 4.79 Å². The van der Waals surface area contributed by atoms with Gasteiger partial charge in [0.2, 0.25) is 5.91 Å². The van der Waals surface area contributed by atoms with Gasteiger partial charge in [0, 0.05) is 19.5 Å². The first-order valence-electron chi connectivity index (χ1n) is 8.41. The minimum atomic E-state index is -0.563. The monoisotopic (exact) mass is 308 g/mol. The Morgan fingerprint density at radius 1 is 1.14 bits per heavy atom. The van der Waals surface area contributed by atoms with Crippen molar-refractivity contribution in [2.24, 2.45) is 5.92 Å². The molecule has 0 aromatic heterocycles. The van der Waals surface area contributed by atoms with Gasteiger partial charge in [0.05, 0.1) is 6.04 Å². The van der Waals surface area contributed by atoms with Crippen molar-refractivity contribution in [2.75, 3.05) is 19.7 Å². The summed E-state index contributed by atoms with van der Waals surface area (Å²) in [7, 11) is 0. The number of carbonyl (C=O) groups excluding carboxylic acids is 3. The number of hydrogen-bond donors (Lipinski definition) is 0. The molecule has 6 nitrogen and oxygen atoms in total. The first-order chi connectivity index (χ1) is 10.6. The molecule has 22 heavy (non-hydrogen) atoms. The normalized spacial score (nSPS) is 26.6. The maximum absolute atomic E-state index is 12.3. The Labute approximate surface area is 130 Å². The number of imide groups is 1. The quantitative estimate of drug-likeness (QED) is 0.796. The van der Waals surface area contributed by atoms with Crippen LogP contribution in [-0.4, -0.2) is 53.4 Å². The Bertz CT molecular complexity index is 443. The zero-order chi connectivity index (χ0) is 15.5. The third-order valence-corrected chi connectivity index (χ3v) is 5.16. The highest BCUT2D eigenvalue weighted by Gasteiger charge is 2.41. The minimum absolute atomic E-state index is 0.160. The van der Waals surface area contributed by atoms with Crippen molar-refractivity contribution >= 4 is 17.9 Å². The number of ether oxygens (including phenoxy) is 1. The number of amides is 3. The molecule has 0 aromatic rings. The summed E-state index contributed by atoms with van der Waals surface area (Å²) in [5.41, 5.74) is 0. The predicted octanol–water partition coefficient (Wildman–Crippen LogP) is 1.93. The van der Waals surface area contributed by atoms with E-state index in [-0.39, 0.29) is 24.5 Å². The number of likely N-dealkylation sites (tertiary alicyclic amines) is 1. The highest BCUT2D eigenvalue weighted by molar-refractivity contribution is 5.98. The summed E-state index contributed by atoms with van der Waals surface area (Å²) in [6.45, 7) is 0.931. The fourth-order valence-corrected chi connectivity index (χ4v) is 3.86. The third-order valence-electron chi connectivity index (χ3n) is 5.16. The molecule has 2 heterocycles. The van der Waals surface area contributed by atoms with Gasteiger partial charge in [-0.05, 0) is 18.8 Å². The highest BCUT2D eigenvalue weighted by atomic mass is 16.6. The molecular weight excluding hydrogens is 284 g/mol. The highest BCUT2D eigenvalue weighted by Crippen LogP contribution is 2.28. The van der Waals surface area contributed by atoms with E-state index in [9.17, 15) is 14.4 Å². The summed E-state index contributed by atoms with van der Waals surface area (Å²) in [6.07, 6.45) is 8.10. The first kappa shape index (κ1) is 15.3. The summed E-state index contributed by atoms with van der Waals surface area (Å²) in [5, 5.41) is 0. The van der Waals surface area contributed by atoms with Crippen LogP contribution in [0.3, 0.4) is 0 Å². The van der Waals surface area contributed by atoms with E-state index in [0.717, 1.165) is 6.42 Å². The zero-order valence-corrected chi connectivity index (χ0v) is 13.0. The van der Waals surface area contributed by atoms with Crippen LogP contribution in [0.1, 0.15) is 51.4 Å². The van der Waals surface area contributed by atoms with Crippen LogP contribution < -0.4 is 0 Å². The second kappa shape index (κ2) is 6.67. The maximum atomic E-state index is 12.3. The van der Waals surface area contributed by atoms with Crippen molar-refractivity contribution in [3.05, 3.63) is 0 Å². The van der Waals surface area contributed by atoms with E-state index in [1.807, 2.05) is 0 Å². The topological polar surface area (TPSA) is 66.9 Å². The number of carbonyl (C=O) groups is 3. The van der Waals surface area contributed by atoms with E-state index in [4.69, 9.17) is 4.74 Å². The van der Waals surface area contributed by atoms with Gasteiger partial charge in [-0.3, -0.25) is 9.59 Å². The van der Waals surface area contributed by atoms with Crippen molar-refractivity contribution in [3.8, 4) is 0 Å². The van der Waals surface area contributed by atoms with Crippen molar-refractivity contribution in [1.82, 2.24) is 9.80 Å². The molecule has 3 fully saturated rings. The molecule has 122 valence electrons. The van der Waals surface area contributed by atoms with Crippen molar-refractivity contribution in [2.45, 2.75) is 57.4 Å². The molecule has 0 N–H and O–H groups in total. The molecule has 0 radical (unpaired) electrons. The lowest BCUT2D eigenvalue weighted by molar-refractivity contribution is -0.132. The van der Waals surface area contributed by atoms with Gasteiger partial charge in [0.15, 0.2) is 6.61 Å². The molecule has 0 bridgehead atoms. The van der Waals surface area contributed by atoms with Crippen molar-refractivity contribution in [1.29, 1.82) is 0 Å². The molecule has 1 unspecified atom stereocenters. The van der Waals surface area contributed by atoms with Gasteiger partial charge in [-0.15, -0.1) is 0 Å². The average molecular weight is 308 g/mol. The van der Waals surface area contributed by atoms with E-state index in [1.165, 1.54) is 37.0 Å². The average Bonchev–Trinajstić information content (AvgIpc) is 3.13. The lowest BCUT2D eigenvalue weighted by atomic mass is 9.86. The lowest BCUT2D eigenvalue weighted by Crippen LogP contribution is -2.42. The van der Waals surface area contributed by atoms with E-state index in [0.29, 0.717) is 31.8 Å². The molecule has 2 aliphatic heterocycles. The molecule has 3 aliphatic rings. The van der Waals surface area contributed by atoms with Crippen LogP contribution in [0.25, 0.3) is 0 Å². The predicted molar refractivity (Wildman–Crippen MR) is 79.0 cm³/mol. The molecule has 1 saturated carbocycles. The summed E-state index contributed by atoms with van der Waals surface area (Å²) >= 11 is 0. The van der Waals surface area contributed by atoms with Crippen LogP contribution in [-0.2, 0) is 14.3 Å². The lowest BCUT2D eigenvalue weighted by Gasteiger charge is -2.23. The van der Waals surface area contributed by atoms with Gasteiger partial charge in [0.25, 0.3) is 5.91 Å². The Kier molecular flexibility index (Phi) is 4.64. The number of hydrogen-bond acceptors (Lipinski definition) is 4. The van der Waals surface area contributed by atoms with Gasteiger partial charge in [-0.25, -0.2) is 9.69 Å². The molecule has 2 saturated heterocycles. The van der Waals surface area contributed by atoms with Crippen LogP contribution in [0, 0.1) is 5.92 Å². The first-order valence-corrected chi connectivity index (χ1v) is 8.41. The molecule has 3 amide bonds. The largest absolute Gasteiger partial charge is 0.439 e. The molecule has 3 rings (SSSR count). The molecule has 1 atom stereocenters. The SMILES string of the molecule is O=C(CCC1CCCCC1)N1CCC(N2C(=O)COC2=O)C1. The molecule has 0 aromatic carbocycles. The Morgan fingerprint density at radius 3 is 2.59 bits per heavy atom. The molecule has 6 heteroatoms. The van der Waals surface area contributed by atoms with Crippen LogP contribution in [0.15, 0.2) is 0 Å². The second-order valence-electron chi connectivity index (χ2n) is 6.64. The third kappa shape index (κ3) is 3.25. The second-order valence-corrected chi connectivity index (χ2v) is 6.64. The van der Waals surface area contributed by atoms with E-state index < -0.39 is 6.09 Å². The maximum Gasteiger partial charge on any atom is 0.417 e. The summed E-state index contributed by atoms with van der Waals surface area (Å²) in [6, 6.07) is -0.207. The molecular formula is C16H24N2O4. The van der Waals surface area contributed by atoms with Crippen molar-refractivity contribution < 1.29 is 19.1 Å². The zero-order valence-electron chi connectivity index (χ0n) is 13.0. The smallest absolute Gasteiger partial charge is 0.417 e. The fraction of sp³-hybridized carbons (Fsp3) is 0.812. The number of cyclic esters (lactones) is 1. The van der Waals surface area contributed by atoms with E-state index in [1.54, 1.807) is 4.90 Å². The van der Waals surface area contributed by atoms with Gasteiger partial charge >= 0.3 is 6.09 Å².